The lowest BCUT2D eigenvalue weighted by Gasteiger charge is -2.36. The van der Waals surface area contributed by atoms with Gasteiger partial charge in [-0.1, -0.05) is 20.8 Å². The molecule has 2 heteroatoms. The highest BCUT2D eigenvalue weighted by Crippen LogP contribution is 2.29. The predicted octanol–water partition coefficient (Wildman–Crippen LogP) is 2.50. The maximum absolute atomic E-state index is 3.46. The van der Waals surface area contributed by atoms with E-state index in [0.717, 1.165) is 0 Å². The van der Waals surface area contributed by atoms with Crippen LogP contribution in [0.3, 0.4) is 0 Å². The zero-order valence-corrected chi connectivity index (χ0v) is 10.8. The van der Waals surface area contributed by atoms with Crippen molar-refractivity contribution in [3.63, 3.8) is 0 Å². The van der Waals surface area contributed by atoms with Crippen LogP contribution in [0.2, 0.25) is 0 Å². The summed E-state index contributed by atoms with van der Waals surface area (Å²) in [6.45, 7) is 13.3. The molecule has 0 saturated carbocycles. The van der Waals surface area contributed by atoms with Crippen molar-refractivity contribution in [2.24, 2.45) is 5.41 Å². The molecule has 0 aliphatic carbocycles. The van der Waals surface area contributed by atoms with Gasteiger partial charge in [-0.15, -0.1) is 0 Å². The van der Waals surface area contributed by atoms with Gasteiger partial charge in [-0.2, -0.15) is 0 Å². The van der Waals surface area contributed by atoms with Crippen molar-refractivity contribution in [1.82, 2.24) is 10.2 Å². The van der Waals surface area contributed by atoms with Gasteiger partial charge in [0.15, 0.2) is 0 Å². The topological polar surface area (TPSA) is 15.3 Å². The molecule has 0 amide bonds. The molecule has 2 nitrogen and oxygen atoms in total. The van der Waals surface area contributed by atoms with E-state index >= 15 is 0 Å². The molecule has 1 N–H and O–H groups in total. The Labute approximate surface area is 95.4 Å². The molecule has 15 heavy (non-hydrogen) atoms. The van der Waals surface area contributed by atoms with Crippen molar-refractivity contribution in [3.05, 3.63) is 0 Å². The maximum Gasteiger partial charge on any atom is -0.000663 e. The molecule has 1 fully saturated rings. The zero-order chi connectivity index (χ0) is 11.1. The van der Waals surface area contributed by atoms with Gasteiger partial charge in [0, 0.05) is 0 Å². The minimum Gasteiger partial charge on any atom is -0.317 e. The molecule has 1 aliphatic heterocycles. The molecule has 0 bridgehead atoms. The first-order valence-corrected chi connectivity index (χ1v) is 6.57. The first kappa shape index (κ1) is 13.0. The molecule has 0 unspecified atom stereocenters. The second-order valence-electron chi connectivity index (χ2n) is 5.61. The average Bonchev–Trinajstić information content (AvgIpc) is 2.20. The first-order valence-electron chi connectivity index (χ1n) is 6.57. The number of hydrogen-bond donors (Lipinski definition) is 1. The third-order valence-electron chi connectivity index (χ3n) is 3.46. The summed E-state index contributed by atoms with van der Waals surface area (Å²) in [6.07, 6.45) is 5.29. The third-order valence-corrected chi connectivity index (χ3v) is 3.46. The number of nitrogens with zero attached hydrogens (tertiary/aromatic N) is 1. The second-order valence-corrected chi connectivity index (χ2v) is 5.61. The molecule has 0 atom stereocenters. The van der Waals surface area contributed by atoms with Crippen molar-refractivity contribution in [2.45, 2.75) is 46.5 Å². The Morgan fingerprint density at radius 3 is 2.40 bits per heavy atom. The zero-order valence-electron chi connectivity index (χ0n) is 10.8. The van der Waals surface area contributed by atoms with Gasteiger partial charge >= 0.3 is 0 Å². The molecule has 0 aromatic carbocycles. The van der Waals surface area contributed by atoms with Crippen LogP contribution in [-0.2, 0) is 0 Å². The van der Waals surface area contributed by atoms with Crippen LogP contribution in [0, 0.1) is 5.41 Å². The van der Waals surface area contributed by atoms with Gasteiger partial charge in [0.1, 0.15) is 0 Å². The summed E-state index contributed by atoms with van der Waals surface area (Å²) in [7, 11) is 0. The molecule has 1 heterocycles. The SMILES string of the molecule is CCCNCCCN1CCC(C)(C)CC1. The molecular formula is C13H28N2. The Hall–Kier alpha value is -0.0800. The summed E-state index contributed by atoms with van der Waals surface area (Å²) in [4.78, 5) is 2.62. The number of likely N-dealkylation sites (tertiary alicyclic amines) is 1. The molecule has 1 saturated heterocycles. The molecule has 0 aromatic heterocycles. The van der Waals surface area contributed by atoms with Crippen LogP contribution in [-0.4, -0.2) is 37.6 Å². The highest BCUT2D eigenvalue weighted by molar-refractivity contribution is 4.78. The molecular weight excluding hydrogens is 184 g/mol. The van der Waals surface area contributed by atoms with E-state index in [9.17, 15) is 0 Å². The van der Waals surface area contributed by atoms with Crippen LogP contribution in [0.15, 0.2) is 0 Å². The van der Waals surface area contributed by atoms with E-state index in [2.05, 4.69) is 31.0 Å². The quantitative estimate of drug-likeness (QED) is 0.681. The van der Waals surface area contributed by atoms with E-state index in [1.54, 1.807) is 0 Å². The fraction of sp³-hybridized carbons (Fsp3) is 1.00. The van der Waals surface area contributed by atoms with E-state index in [-0.39, 0.29) is 0 Å². The Balaban J connectivity index is 1.99. The molecule has 90 valence electrons. The second kappa shape index (κ2) is 6.49. The number of rotatable bonds is 6. The first-order chi connectivity index (χ1) is 7.14. The minimum absolute atomic E-state index is 0.594. The van der Waals surface area contributed by atoms with Crippen LogP contribution >= 0.6 is 0 Å². The fourth-order valence-corrected chi connectivity index (χ4v) is 2.11. The smallest absolute Gasteiger partial charge is 0.000663 e. The lowest BCUT2D eigenvalue weighted by atomic mass is 9.83. The minimum atomic E-state index is 0.594. The lowest BCUT2D eigenvalue weighted by molar-refractivity contribution is 0.131. The molecule has 0 radical (unpaired) electrons. The standard InChI is InChI=1S/C13H28N2/c1-4-8-14-9-5-10-15-11-6-13(2,3)7-12-15/h14H,4-12H2,1-3H3. The van der Waals surface area contributed by atoms with Gasteiger partial charge in [-0.05, 0) is 63.8 Å². The predicted molar refractivity (Wildman–Crippen MR) is 67.2 cm³/mol. The van der Waals surface area contributed by atoms with Crippen LogP contribution in [0.5, 0.6) is 0 Å². The monoisotopic (exact) mass is 212 g/mol. The normalized spacial score (nSPS) is 21.8. The summed E-state index contributed by atoms with van der Waals surface area (Å²) in [5.41, 5.74) is 0.594. The summed E-state index contributed by atoms with van der Waals surface area (Å²) in [5, 5.41) is 3.46. The van der Waals surface area contributed by atoms with Gasteiger partial charge in [-0.25, -0.2) is 0 Å². The Kier molecular flexibility index (Phi) is 5.62. The van der Waals surface area contributed by atoms with Crippen molar-refractivity contribution in [2.75, 3.05) is 32.7 Å². The van der Waals surface area contributed by atoms with Crippen molar-refractivity contribution < 1.29 is 0 Å². The van der Waals surface area contributed by atoms with Crippen molar-refractivity contribution in [3.8, 4) is 0 Å². The largest absolute Gasteiger partial charge is 0.317 e. The van der Waals surface area contributed by atoms with Crippen LogP contribution < -0.4 is 5.32 Å². The molecule has 0 spiro atoms. The number of nitrogens with one attached hydrogen (secondary N) is 1. The van der Waals surface area contributed by atoms with E-state index in [1.807, 2.05) is 0 Å². The van der Waals surface area contributed by atoms with Crippen molar-refractivity contribution >= 4 is 0 Å². The average molecular weight is 212 g/mol. The van der Waals surface area contributed by atoms with Gasteiger partial charge in [0.25, 0.3) is 0 Å². The Bertz CT molecular complexity index is 156. The molecule has 1 rings (SSSR count). The van der Waals surface area contributed by atoms with Crippen LogP contribution in [0.1, 0.15) is 46.5 Å². The number of piperidine rings is 1. The van der Waals surface area contributed by atoms with Gasteiger partial charge < -0.3 is 10.2 Å². The van der Waals surface area contributed by atoms with E-state index < -0.39 is 0 Å². The highest BCUT2D eigenvalue weighted by Gasteiger charge is 2.24. The summed E-state index contributed by atoms with van der Waals surface area (Å²) < 4.78 is 0. The van der Waals surface area contributed by atoms with Crippen LogP contribution in [0.4, 0.5) is 0 Å². The Morgan fingerprint density at radius 1 is 1.13 bits per heavy atom. The Morgan fingerprint density at radius 2 is 1.80 bits per heavy atom. The highest BCUT2D eigenvalue weighted by atomic mass is 15.1. The van der Waals surface area contributed by atoms with Gasteiger partial charge in [-0.3, -0.25) is 0 Å². The fourth-order valence-electron chi connectivity index (χ4n) is 2.11. The summed E-state index contributed by atoms with van der Waals surface area (Å²) in [6, 6.07) is 0. The summed E-state index contributed by atoms with van der Waals surface area (Å²) >= 11 is 0. The van der Waals surface area contributed by atoms with E-state index in [0.29, 0.717) is 5.41 Å². The third kappa shape index (κ3) is 5.53. The number of hydrogen-bond acceptors (Lipinski definition) is 2. The van der Waals surface area contributed by atoms with Crippen molar-refractivity contribution in [1.29, 1.82) is 0 Å². The molecule has 1 aliphatic rings. The lowest BCUT2D eigenvalue weighted by Crippen LogP contribution is -2.38. The van der Waals surface area contributed by atoms with E-state index in [4.69, 9.17) is 0 Å². The molecule has 0 aromatic rings. The maximum atomic E-state index is 3.46. The van der Waals surface area contributed by atoms with Crippen LogP contribution in [0.25, 0.3) is 0 Å². The van der Waals surface area contributed by atoms with E-state index in [1.165, 1.54) is 58.4 Å². The van der Waals surface area contributed by atoms with Gasteiger partial charge in [0.05, 0.1) is 0 Å². The van der Waals surface area contributed by atoms with Gasteiger partial charge in [0.2, 0.25) is 0 Å². The summed E-state index contributed by atoms with van der Waals surface area (Å²) in [5.74, 6) is 0.